The predicted octanol–water partition coefficient (Wildman–Crippen LogP) is 2.80. The Morgan fingerprint density at radius 3 is 2.87 bits per heavy atom. The quantitative estimate of drug-likeness (QED) is 0.834. The molecular formula is C19H22NO3. The average molecular weight is 312 g/mol. The summed E-state index contributed by atoms with van der Waals surface area (Å²) in [6.07, 6.45) is -0.249. The monoisotopic (exact) mass is 312 g/mol. The number of aliphatic hydroxyl groups is 1. The topological polar surface area (TPSA) is 50.7 Å². The lowest BCUT2D eigenvalue weighted by Gasteiger charge is -2.19. The van der Waals surface area contributed by atoms with Crippen LogP contribution in [0.2, 0.25) is 0 Å². The number of hydrogen-bond donors (Lipinski definition) is 2. The molecule has 1 radical (unpaired) electrons. The number of ether oxygens (including phenoxy) is 2. The first-order valence-electron chi connectivity index (χ1n) is 7.86. The van der Waals surface area contributed by atoms with E-state index in [1.807, 2.05) is 36.4 Å². The van der Waals surface area contributed by atoms with Gasteiger partial charge in [0.05, 0.1) is 6.61 Å². The molecule has 2 unspecified atom stereocenters. The molecule has 0 bridgehead atoms. The van der Waals surface area contributed by atoms with Crippen molar-refractivity contribution in [3.05, 3.63) is 71.6 Å². The van der Waals surface area contributed by atoms with Gasteiger partial charge in [-0.3, -0.25) is 5.32 Å². The number of nitrogens with one attached hydrogen (secondary N) is 1. The van der Waals surface area contributed by atoms with Gasteiger partial charge in [0.1, 0.15) is 12.0 Å². The zero-order valence-corrected chi connectivity index (χ0v) is 13.3. The summed E-state index contributed by atoms with van der Waals surface area (Å²) in [6.45, 7) is 7.34. The molecular weight excluding hydrogens is 290 g/mol. The van der Waals surface area contributed by atoms with Gasteiger partial charge in [0.2, 0.25) is 0 Å². The molecule has 0 saturated carbocycles. The lowest BCUT2D eigenvalue weighted by Crippen LogP contribution is -2.17. The van der Waals surface area contributed by atoms with E-state index in [4.69, 9.17) is 9.47 Å². The van der Waals surface area contributed by atoms with Crippen LogP contribution < -0.4 is 10.1 Å². The highest BCUT2D eigenvalue weighted by Gasteiger charge is 2.21. The fourth-order valence-electron chi connectivity index (χ4n) is 2.88. The van der Waals surface area contributed by atoms with Crippen molar-refractivity contribution in [2.75, 3.05) is 13.2 Å². The number of rotatable bonds is 5. The second-order valence-corrected chi connectivity index (χ2v) is 5.69. The molecule has 4 heteroatoms. The van der Waals surface area contributed by atoms with Gasteiger partial charge < -0.3 is 14.6 Å². The van der Waals surface area contributed by atoms with E-state index in [1.165, 1.54) is 0 Å². The van der Waals surface area contributed by atoms with Crippen LogP contribution in [0.25, 0.3) is 0 Å². The van der Waals surface area contributed by atoms with Gasteiger partial charge in [-0.05, 0) is 42.2 Å². The summed E-state index contributed by atoms with van der Waals surface area (Å²) < 4.78 is 11.3. The van der Waals surface area contributed by atoms with Crippen LogP contribution >= 0.6 is 0 Å². The molecule has 4 nitrogen and oxygen atoms in total. The number of aliphatic hydroxyl groups excluding tert-OH is 1. The van der Waals surface area contributed by atoms with Gasteiger partial charge in [-0.25, -0.2) is 0 Å². The van der Waals surface area contributed by atoms with Crippen LogP contribution in [0.3, 0.4) is 0 Å². The van der Waals surface area contributed by atoms with Crippen molar-refractivity contribution < 1.29 is 14.6 Å². The Bertz CT molecular complexity index is 663. The molecule has 3 rings (SSSR count). The molecule has 2 N–H and O–H groups in total. The highest BCUT2D eigenvalue weighted by atomic mass is 16.6. The Morgan fingerprint density at radius 1 is 1.30 bits per heavy atom. The Balaban J connectivity index is 1.94. The summed E-state index contributed by atoms with van der Waals surface area (Å²) in [5.74, 6) is 0.692. The van der Waals surface area contributed by atoms with E-state index in [9.17, 15) is 5.11 Å². The summed E-state index contributed by atoms with van der Waals surface area (Å²) in [5.41, 5.74) is 4.24. The van der Waals surface area contributed by atoms with Crippen LogP contribution in [0.4, 0.5) is 0 Å². The first-order chi connectivity index (χ1) is 11.1. The third-order valence-electron chi connectivity index (χ3n) is 3.95. The van der Waals surface area contributed by atoms with E-state index in [-0.39, 0.29) is 6.23 Å². The third kappa shape index (κ3) is 3.72. The van der Waals surface area contributed by atoms with Crippen molar-refractivity contribution >= 4 is 0 Å². The van der Waals surface area contributed by atoms with Gasteiger partial charge in [0, 0.05) is 13.0 Å². The largest absolute Gasteiger partial charge is 0.465 e. The molecule has 121 valence electrons. The van der Waals surface area contributed by atoms with Gasteiger partial charge in [0.25, 0.3) is 0 Å². The third-order valence-corrected chi connectivity index (χ3v) is 3.95. The second-order valence-electron chi connectivity index (χ2n) is 5.69. The van der Waals surface area contributed by atoms with Gasteiger partial charge in [-0.15, -0.1) is 0 Å². The first-order valence-corrected chi connectivity index (χ1v) is 7.86. The molecule has 0 aliphatic carbocycles. The van der Waals surface area contributed by atoms with Crippen LogP contribution in [-0.4, -0.2) is 24.5 Å². The van der Waals surface area contributed by atoms with Gasteiger partial charge in [-0.2, -0.15) is 0 Å². The molecule has 2 aromatic carbocycles. The fourth-order valence-corrected chi connectivity index (χ4v) is 2.88. The Morgan fingerprint density at radius 2 is 2.13 bits per heavy atom. The van der Waals surface area contributed by atoms with Gasteiger partial charge in [-0.1, -0.05) is 36.4 Å². The zero-order chi connectivity index (χ0) is 16.2. The van der Waals surface area contributed by atoms with E-state index >= 15 is 0 Å². The maximum atomic E-state index is 9.51. The maximum Gasteiger partial charge on any atom is 0.194 e. The van der Waals surface area contributed by atoms with E-state index in [0.29, 0.717) is 18.8 Å². The summed E-state index contributed by atoms with van der Waals surface area (Å²) in [5, 5.41) is 12.9. The molecule has 0 aromatic heterocycles. The van der Waals surface area contributed by atoms with E-state index in [2.05, 4.69) is 18.3 Å². The van der Waals surface area contributed by atoms with Gasteiger partial charge in [0.15, 0.2) is 6.29 Å². The van der Waals surface area contributed by atoms with Crippen LogP contribution in [0.1, 0.15) is 35.4 Å². The number of hydrogen-bond acceptors (Lipinski definition) is 4. The summed E-state index contributed by atoms with van der Waals surface area (Å²) in [7, 11) is 0. The molecule has 2 atom stereocenters. The number of para-hydroxylation sites is 1. The van der Waals surface area contributed by atoms with Crippen molar-refractivity contribution in [1.82, 2.24) is 5.32 Å². The second kappa shape index (κ2) is 7.13. The lowest BCUT2D eigenvalue weighted by molar-refractivity contribution is -0.000933. The Labute approximate surface area is 137 Å². The molecule has 2 aromatic rings. The van der Waals surface area contributed by atoms with Gasteiger partial charge >= 0.3 is 0 Å². The summed E-state index contributed by atoms with van der Waals surface area (Å²) in [4.78, 5) is 0. The molecule has 0 spiro atoms. The minimum Gasteiger partial charge on any atom is -0.465 e. The van der Waals surface area contributed by atoms with E-state index in [0.717, 1.165) is 28.8 Å². The molecule has 23 heavy (non-hydrogen) atoms. The van der Waals surface area contributed by atoms with Crippen LogP contribution in [0.15, 0.2) is 42.5 Å². The first kappa shape index (κ1) is 16.0. The lowest BCUT2D eigenvalue weighted by atomic mass is 9.94. The molecule has 1 fully saturated rings. The van der Waals surface area contributed by atoms with Crippen molar-refractivity contribution in [3.63, 3.8) is 0 Å². The van der Waals surface area contributed by atoms with Crippen LogP contribution in [-0.2, 0) is 11.2 Å². The van der Waals surface area contributed by atoms with Crippen molar-refractivity contribution in [3.8, 4) is 5.75 Å². The van der Waals surface area contributed by atoms with Crippen molar-refractivity contribution in [1.29, 1.82) is 0 Å². The zero-order valence-electron chi connectivity index (χ0n) is 13.3. The summed E-state index contributed by atoms with van der Waals surface area (Å²) in [6, 6.07) is 13.8. The van der Waals surface area contributed by atoms with E-state index in [1.54, 1.807) is 6.92 Å². The summed E-state index contributed by atoms with van der Waals surface area (Å²) >= 11 is 0. The fraction of sp³-hybridized carbons (Fsp3) is 0.316. The Kier molecular flexibility index (Phi) is 4.96. The molecule has 0 amide bonds. The Hall–Kier alpha value is -1.88. The SMILES string of the molecule is [CH2]c1cccc(C2NCCO2)c1Cc1ccccc1OC(C)O. The minimum atomic E-state index is -0.842. The average Bonchev–Trinajstić information content (AvgIpc) is 3.04. The maximum absolute atomic E-state index is 9.51. The molecule has 1 saturated heterocycles. The molecule has 1 heterocycles. The van der Waals surface area contributed by atoms with Crippen molar-refractivity contribution in [2.24, 2.45) is 0 Å². The highest BCUT2D eigenvalue weighted by molar-refractivity contribution is 5.45. The molecule has 1 aliphatic heterocycles. The smallest absolute Gasteiger partial charge is 0.194 e. The van der Waals surface area contributed by atoms with Crippen LogP contribution in [0.5, 0.6) is 5.75 Å². The highest BCUT2D eigenvalue weighted by Crippen LogP contribution is 2.29. The van der Waals surface area contributed by atoms with E-state index < -0.39 is 6.29 Å². The molecule has 1 aliphatic rings. The minimum absolute atomic E-state index is 0.0865. The predicted molar refractivity (Wildman–Crippen MR) is 89.2 cm³/mol. The van der Waals surface area contributed by atoms with Crippen molar-refractivity contribution in [2.45, 2.75) is 25.9 Å². The number of benzene rings is 2. The standard InChI is InChI=1S/C19H22NO3/c1-13-6-5-8-16(19-20-10-11-22-19)17(13)12-15-7-3-4-9-18(15)23-14(2)21/h3-9,14,19-21H,1,10-12H2,2H3. The normalized spacial score (nSPS) is 18.8. The van der Waals surface area contributed by atoms with Crippen LogP contribution in [0, 0.1) is 6.92 Å².